The number of benzene rings is 3. The van der Waals surface area contributed by atoms with Crippen LogP contribution in [0.1, 0.15) is 68.4 Å². The summed E-state index contributed by atoms with van der Waals surface area (Å²) in [7, 11) is 1.44. The number of ether oxygens (including phenoxy) is 1. The lowest BCUT2D eigenvalue weighted by atomic mass is 9.98. The zero-order valence-corrected chi connectivity index (χ0v) is 31.0. The maximum absolute atomic E-state index is 14.0. The summed E-state index contributed by atoms with van der Waals surface area (Å²) in [5.41, 5.74) is 15.8. The van der Waals surface area contributed by atoms with Crippen LogP contribution in [0.4, 0.5) is 21.6 Å². The third-order valence-corrected chi connectivity index (χ3v) is 11.4. The Labute approximate surface area is 326 Å². The highest BCUT2D eigenvalue weighted by Crippen LogP contribution is 2.37. The number of amides is 6. The van der Waals surface area contributed by atoms with E-state index in [9.17, 15) is 33.2 Å². The highest BCUT2D eigenvalue weighted by molar-refractivity contribution is 6.23. The minimum atomic E-state index is -1.01. The van der Waals surface area contributed by atoms with Crippen LogP contribution < -0.4 is 31.3 Å². The largest absolute Gasteiger partial charge is 0.495 e. The van der Waals surface area contributed by atoms with Gasteiger partial charge in [-0.15, -0.1) is 0 Å². The molecule has 0 aliphatic carbocycles. The van der Waals surface area contributed by atoms with Gasteiger partial charge in [0.1, 0.15) is 34.7 Å². The first-order valence-corrected chi connectivity index (χ1v) is 18.6. The fraction of sp³-hybridized carbons (Fsp3) is 0.325. The van der Waals surface area contributed by atoms with Gasteiger partial charge in [-0.3, -0.25) is 43.9 Å². The molecule has 0 bridgehead atoms. The first-order valence-electron chi connectivity index (χ1n) is 18.6. The molecule has 3 saturated heterocycles. The maximum atomic E-state index is 14.0. The molecule has 17 heteroatoms. The first kappa shape index (κ1) is 37.3. The molecular formula is C40H40FN9O7. The lowest BCUT2D eigenvalue weighted by molar-refractivity contribution is -0.136. The third kappa shape index (κ3) is 6.73. The Morgan fingerprint density at radius 3 is 2.35 bits per heavy atom. The van der Waals surface area contributed by atoms with Gasteiger partial charge in [-0.2, -0.15) is 5.10 Å². The molecule has 4 aliphatic heterocycles. The number of methoxy groups -OCH3 is 1. The maximum Gasteiger partial charge on any atom is 0.262 e. The fourth-order valence-electron chi connectivity index (χ4n) is 8.25. The van der Waals surface area contributed by atoms with Crippen LogP contribution in [0.2, 0.25) is 0 Å². The monoisotopic (exact) mass is 777 g/mol. The molecule has 4 aliphatic rings. The Morgan fingerprint density at radius 1 is 0.965 bits per heavy atom. The van der Waals surface area contributed by atoms with Crippen molar-refractivity contribution in [2.24, 2.45) is 5.73 Å². The Hall–Kier alpha value is -6.62. The molecule has 1 aromatic heterocycles. The molecule has 8 rings (SSSR count). The Morgan fingerprint density at radius 2 is 1.68 bits per heavy atom. The number of nitrogens with one attached hydrogen (secondary N) is 1. The van der Waals surface area contributed by atoms with E-state index in [1.54, 1.807) is 41.1 Å². The van der Waals surface area contributed by atoms with E-state index in [-0.39, 0.29) is 59.7 Å². The Balaban J connectivity index is 0.896. The number of carbonyl (C=O) groups excluding carboxylic acids is 6. The number of halogens is 1. The molecule has 3 fully saturated rings. The summed E-state index contributed by atoms with van der Waals surface area (Å²) in [6, 6.07) is 15.4. The molecule has 0 spiro atoms. The van der Waals surface area contributed by atoms with Crippen LogP contribution >= 0.6 is 0 Å². The van der Waals surface area contributed by atoms with Gasteiger partial charge in [-0.05, 0) is 55.2 Å². The Bertz CT molecular complexity index is 2320. The number of imide groups is 2. The summed E-state index contributed by atoms with van der Waals surface area (Å²) in [6.07, 6.45) is 2.23. The molecule has 5 heterocycles. The summed E-state index contributed by atoms with van der Waals surface area (Å²) < 4.78 is 21.0. The predicted molar refractivity (Wildman–Crippen MR) is 205 cm³/mol. The standard InChI is InChI=1S/C40H40FN9O7/c1-57-32-10-6-24(41)16-31(32)48(21-51)18-22-2-4-23(5-3-22)35-34(37(43)53)36(42)50(45-35)25-12-14-46(15-13-25)27-19-47(20-27)26-7-8-28-29(17-26)40(56)49(39(28)55)30-9-11-33(52)44-38(30)54/h2-8,10,16-17,21,25,27,30H,9,11-15,18-20,42H2,1H3,(H2,43,53)(H,44,52,54). The van der Waals surface area contributed by atoms with Crippen LogP contribution in [0.3, 0.4) is 0 Å². The topological polar surface area (TPSA) is 206 Å². The molecule has 5 N–H and O–H groups in total. The van der Waals surface area contributed by atoms with Gasteiger partial charge >= 0.3 is 0 Å². The molecule has 4 aromatic rings. The van der Waals surface area contributed by atoms with Gasteiger partial charge in [0.2, 0.25) is 18.2 Å². The van der Waals surface area contributed by atoms with Crippen LogP contribution in [0.15, 0.2) is 60.7 Å². The molecule has 16 nitrogen and oxygen atoms in total. The van der Waals surface area contributed by atoms with E-state index in [1.165, 1.54) is 30.2 Å². The van der Waals surface area contributed by atoms with E-state index in [0.717, 1.165) is 55.2 Å². The van der Waals surface area contributed by atoms with E-state index in [0.29, 0.717) is 23.4 Å². The SMILES string of the molecule is COc1ccc(F)cc1N(C=O)Cc1ccc(-c2nn(C3CCN(C4CN(c5ccc6c(c5)C(=O)N(C5CCC(=O)NC5=O)C6=O)C4)CC3)c(N)c2C(N)=O)cc1. The van der Waals surface area contributed by atoms with E-state index in [4.69, 9.17) is 21.3 Å². The van der Waals surface area contributed by atoms with Crippen molar-refractivity contribution >= 4 is 53.1 Å². The van der Waals surface area contributed by atoms with Crippen LogP contribution in [0.5, 0.6) is 5.75 Å². The molecule has 294 valence electrons. The highest BCUT2D eigenvalue weighted by atomic mass is 19.1. The lowest BCUT2D eigenvalue weighted by Crippen LogP contribution is -2.61. The first-order chi connectivity index (χ1) is 27.4. The summed E-state index contributed by atoms with van der Waals surface area (Å²) >= 11 is 0. The van der Waals surface area contributed by atoms with Gasteiger partial charge < -0.3 is 26.0 Å². The molecule has 57 heavy (non-hydrogen) atoms. The molecule has 6 amide bonds. The molecule has 0 radical (unpaired) electrons. The number of nitrogens with zero attached hydrogens (tertiary/aromatic N) is 6. The summed E-state index contributed by atoms with van der Waals surface area (Å²) in [5.74, 6) is -2.79. The molecule has 1 atom stereocenters. The van der Waals surface area contributed by atoms with Crippen molar-refractivity contribution < 1.29 is 37.9 Å². The molecule has 0 saturated carbocycles. The zero-order chi connectivity index (χ0) is 40.1. The number of nitrogens with two attached hydrogens (primary N) is 2. The molecule has 1 unspecified atom stereocenters. The van der Waals surface area contributed by atoms with E-state index >= 15 is 0 Å². The average molecular weight is 778 g/mol. The van der Waals surface area contributed by atoms with Crippen LogP contribution in [0, 0.1) is 5.82 Å². The van der Waals surface area contributed by atoms with Crippen molar-refractivity contribution in [1.29, 1.82) is 0 Å². The summed E-state index contributed by atoms with van der Waals surface area (Å²) in [5, 5.41) is 7.01. The van der Waals surface area contributed by atoms with Crippen molar-refractivity contribution in [3.8, 4) is 17.0 Å². The number of likely N-dealkylation sites (tertiary alicyclic amines) is 1. The second-order valence-electron chi connectivity index (χ2n) is 14.7. The van der Waals surface area contributed by atoms with Crippen molar-refractivity contribution in [3.05, 3.63) is 88.7 Å². The number of anilines is 3. The molecule has 3 aromatic carbocycles. The number of aromatic nitrogens is 2. The average Bonchev–Trinajstić information content (AvgIpc) is 3.66. The second-order valence-corrected chi connectivity index (χ2v) is 14.7. The number of hydrogen-bond acceptors (Lipinski definition) is 11. The van der Waals surface area contributed by atoms with Gasteiger partial charge in [-0.1, -0.05) is 24.3 Å². The number of primary amides is 1. The van der Waals surface area contributed by atoms with Crippen LogP contribution in [0.25, 0.3) is 11.3 Å². The van der Waals surface area contributed by atoms with E-state index < -0.39 is 41.4 Å². The molecular weight excluding hydrogens is 737 g/mol. The van der Waals surface area contributed by atoms with Gasteiger partial charge in [0.15, 0.2) is 0 Å². The van der Waals surface area contributed by atoms with Gasteiger partial charge in [0, 0.05) is 56.0 Å². The van der Waals surface area contributed by atoms with Gasteiger partial charge in [0.25, 0.3) is 17.7 Å². The second kappa shape index (κ2) is 14.8. The van der Waals surface area contributed by atoms with E-state index in [1.807, 2.05) is 6.07 Å². The highest BCUT2D eigenvalue weighted by Gasteiger charge is 2.45. The quantitative estimate of drug-likeness (QED) is 0.149. The number of carbonyl (C=O) groups is 6. The minimum absolute atomic E-state index is 0.0597. The van der Waals surface area contributed by atoms with Gasteiger partial charge in [0.05, 0.1) is 36.5 Å². The van der Waals surface area contributed by atoms with Crippen molar-refractivity contribution in [2.45, 2.75) is 50.4 Å². The lowest BCUT2D eigenvalue weighted by Gasteiger charge is -2.48. The van der Waals surface area contributed by atoms with E-state index in [2.05, 4.69) is 15.1 Å². The Kier molecular flexibility index (Phi) is 9.69. The minimum Gasteiger partial charge on any atom is -0.495 e. The number of hydrogen-bond donors (Lipinski definition) is 3. The van der Waals surface area contributed by atoms with Gasteiger partial charge in [-0.25, -0.2) is 9.07 Å². The normalized spacial score (nSPS) is 19.0. The number of fused-ring (bicyclic) bond motifs is 1. The van der Waals surface area contributed by atoms with Crippen molar-refractivity contribution in [2.75, 3.05) is 48.8 Å². The van der Waals surface area contributed by atoms with Crippen molar-refractivity contribution in [3.63, 3.8) is 0 Å². The zero-order valence-electron chi connectivity index (χ0n) is 31.0. The summed E-state index contributed by atoms with van der Waals surface area (Å²) in [4.78, 5) is 82.0. The van der Waals surface area contributed by atoms with Crippen LogP contribution in [-0.2, 0) is 20.9 Å². The summed E-state index contributed by atoms with van der Waals surface area (Å²) in [6.45, 7) is 3.11. The number of rotatable bonds is 11. The predicted octanol–water partition coefficient (Wildman–Crippen LogP) is 2.47. The van der Waals surface area contributed by atoms with Crippen molar-refractivity contribution in [1.82, 2.24) is 24.9 Å². The number of nitrogen functional groups attached to an aromatic ring is 1. The third-order valence-electron chi connectivity index (χ3n) is 11.4. The fourth-order valence-corrected chi connectivity index (χ4v) is 8.25. The smallest absolute Gasteiger partial charge is 0.262 e. The van der Waals surface area contributed by atoms with Crippen LogP contribution in [-0.4, -0.2) is 101 Å². The number of piperidine rings is 2.